The third-order valence-electron chi connectivity index (χ3n) is 3.43. The Bertz CT molecular complexity index is 512. The number of rotatable bonds is 5. The highest BCUT2D eigenvalue weighted by atomic mass is 32.1. The minimum atomic E-state index is 0.368. The van der Waals surface area contributed by atoms with Crippen molar-refractivity contribution < 1.29 is 9.15 Å². The van der Waals surface area contributed by atoms with Gasteiger partial charge >= 0.3 is 0 Å². The lowest BCUT2D eigenvalue weighted by atomic mass is 10.1. The summed E-state index contributed by atoms with van der Waals surface area (Å²) in [6, 6.07) is 4.44. The Kier molecular flexibility index (Phi) is 3.91. The van der Waals surface area contributed by atoms with Crippen molar-refractivity contribution >= 4 is 11.5 Å². The van der Waals surface area contributed by atoms with Gasteiger partial charge in [0.2, 0.25) is 0 Å². The summed E-state index contributed by atoms with van der Waals surface area (Å²) in [6.45, 7) is 2.54. The zero-order valence-corrected chi connectivity index (χ0v) is 11.7. The Hall–Kier alpha value is -1.24. The fourth-order valence-electron chi connectivity index (χ4n) is 2.59. The molecular formula is C13H17N3O2S. The van der Waals surface area contributed by atoms with E-state index in [-0.39, 0.29) is 0 Å². The number of nitrogens with zero attached hydrogens (tertiary/aromatic N) is 3. The van der Waals surface area contributed by atoms with Crippen molar-refractivity contribution in [2.45, 2.75) is 32.0 Å². The summed E-state index contributed by atoms with van der Waals surface area (Å²) in [7, 11) is 1.68. The molecule has 0 N–H and O–H groups in total. The van der Waals surface area contributed by atoms with Gasteiger partial charge in [0.25, 0.3) is 0 Å². The summed E-state index contributed by atoms with van der Waals surface area (Å²) in [5, 5.41) is 3.89. The van der Waals surface area contributed by atoms with Gasteiger partial charge in [0.1, 0.15) is 18.1 Å². The zero-order valence-electron chi connectivity index (χ0n) is 10.9. The summed E-state index contributed by atoms with van der Waals surface area (Å²) in [4.78, 5) is 3.64. The smallest absolute Gasteiger partial charge is 0.129 e. The highest BCUT2D eigenvalue weighted by molar-refractivity contribution is 7.05. The average molecular weight is 279 g/mol. The van der Waals surface area contributed by atoms with E-state index in [0.29, 0.717) is 12.6 Å². The maximum atomic E-state index is 5.86. The summed E-state index contributed by atoms with van der Waals surface area (Å²) < 4.78 is 14.9. The first kappa shape index (κ1) is 12.8. The highest BCUT2D eigenvalue weighted by Gasteiger charge is 2.28. The second kappa shape index (κ2) is 5.81. The van der Waals surface area contributed by atoms with E-state index in [0.717, 1.165) is 31.0 Å². The van der Waals surface area contributed by atoms with Gasteiger partial charge < -0.3 is 9.15 Å². The lowest BCUT2D eigenvalue weighted by Crippen LogP contribution is -2.21. The minimum Gasteiger partial charge on any atom is -0.462 e. The first-order valence-corrected chi connectivity index (χ1v) is 7.22. The molecule has 2 aromatic rings. The third kappa shape index (κ3) is 2.86. The van der Waals surface area contributed by atoms with E-state index >= 15 is 0 Å². The second-order valence-corrected chi connectivity index (χ2v) is 5.62. The molecule has 5 nitrogen and oxygen atoms in total. The highest BCUT2D eigenvalue weighted by Crippen LogP contribution is 2.34. The van der Waals surface area contributed by atoms with Gasteiger partial charge in [0.05, 0.1) is 17.1 Å². The van der Waals surface area contributed by atoms with Gasteiger partial charge in [-0.1, -0.05) is 4.49 Å². The van der Waals surface area contributed by atoms with Crippen LogP contribution in [0.4, 0.5) is 0 Å². The van der Waals surface area contributed by atoms with E-state index < -0.39 is 0 Å². The molecule has 0 radical (unpaired) electrons. The van der Waals surface area contributed by atoms with E-state index in [2.05, 4.69) is 20.6 Å². The molecule has 1 saturated heterocycles. The Morgan fingerprint density at radius 2 is 2.47 bits per heavy atom. The van der Waals surface area contributed by atoms with Gasteiger partial charge in [-0.05, 0) is 43.1 Å². The fourth-order valence-corrected chi connectivity index (χ4v) is 3.11. The molecule has 0 aliphatic carbocycles. The molecule has 0 unspecified atom stereocenters. The number of methoxy groups -OCH3 is 1. The molecule has 102 valence electrons. The molecule has 0 bridgehead atoms. The maximum Gasteiger partial charge on any atom is 0.129 e. The standard InChI is InChI=1S/C13H17N3O2S/c1-17-9-10-4-5-13(18-10)12-3-2-6-16(12)8-11-7-14-15-19-11/h4-5,7,12H,2-3,6,8-9H2,1H3/t12-/m0/s1. The quantitative estimate of drug-likeness (QED) is 0.842. The molecule has 1 aliphatic rings. The van der Waals surface area contributed by atoms with Crippen LogP contribution in [0.1, 0.15) is 35.3 Å². The van der Waals surface area contributed by atoms with Crippen molar-refractivity contribution in [1.82, 2.24) is 14.5 Å². The molecule has 1 fully saturated rings. The van der Waals surface area contributed by atoms with Crippen LogP contribution in [0.25, 0.3) is 0 Å². The number of hydrogen-bond acceptors (Lipinski definition) is 6. The van der Waals surface area contributed by atoms with Crippen molar-refractivity contribution in [3.8, 4) is 0 Å². The van der Waals surface area contributed by atoms with Crippen molar-refractivity contribution in [1.29, 1.82) is 0 Å². The minimum absolute atomic E-state index is 0.368. The molecule has 3 heterocycles. The SMILES string of the molecule is COCc1ccc([C@@H]2CCCN2Cc2cnns2)o1. The molecule has 0 spiro atoms. The van der Waals surface area contributed by atoms with Gasteiger partial charge in [0, 0.05) is 13.7 Å². The van der Waals surface area contributed by atoms with Crippen molar-refractivity contribution in [2.75, 3.05) is 13.7 Å². The number of furan rings is 1. The van der Waals surface area contributed by atoms with Crippen LogP contribution in [0.5, 0.6) is 0 Å². The first-order chi connectivity index (χ1) is 9.36. The summed E-state index contributed by atoms with van der Waals surface area (Å²) in [5.41, 5.74) is 0. The van der Waals surface area contributed by atoms with Gasteiger partial charge in [0.15, 0.2) is 0 Å². The fraction of sp³-hybridized carbons (Fsp3) is 0.538. The zero-order chi connectivity index (χ0) is 13.1. The monoisotopic (exact) mass is 279 g/mol. The van der Waals surface area contributed by atoms with Crippen LogP contribution in [0.3, 0.4) is 0 Å². The van der Waals surface area contributed by atoms with Crippen molar-refractivity contribution in [2.24, 2.45) is 0 Å². The van der Waals surface area contributed by atoms with Crippen LogP contribution in [0, 0.1) is 0 Å². The summed E-state index contributed by atoms with van der Waals surface area (Å²) >= 11 is 1.47. The van der Waals surface area contributed by atoms with E-state index in [1.807, 2.05) is 12.3 Å². The van der Waals surface area contributed by atoms with Crippen LogP contribution in [0.15, 0.2) is 22.7 Å². The lowest BCUT2D eigenvalue weighted by Gasteiger charge is -2.21. The lowest BCUT2D eigenvalue weighted by molar-refractivity contribution is 0.155. The maximum absolute atomic E-state index is 5.86. The Labute approximate surface area is 116 Å². The Balaban J connectivity index is 1.71. The predicted molar refractivity (Wildman–Crippen MR) is 71.7 cm³/mol. The molecule has 0 amide bonds. The first-order valence-electron chi connectivity index (χ1n) is 6.44. The molecule has 0 saturated carbocycles. The van der Waals surface area contributed by atoms with Crippen molar-refractivity contribution in [3.05, 3.63) is 34.7 Å². The molecule has 6 heteroatoms. The molecule has 19 heavy (non-hydrogen) atoms. The van der Waals surface area contributed by atoms with Crippen LogP contribution in [-0.2, 0) is 17.9 Å². The van der Waals surface area contributed by atoms with E-state index in [9.17, 15) is 0 Å². The van der Waals surface area contributed by atoms with Gasteiger partial charge in [-0.25, -0.2) is 0 Å². The van der Waals surface area contributed by atoms with Gasteiger partial charge in [-0.3, -0.25) is 4.90 Å². The second-order valence-electron chi connectivity index (χ2n) is 4.75. The molecule has 1 aliphatic heterocycles. The predicted octanol–water partition coefficient (Wildman–Crippen LogP) is 2.61. The van der Waals surface area contributed by atoms with E-state index in [4.69, 9.17) is 9.15 Å². The number of hydrogen-bond donors (Lipinski definition) is 0. The van der Waals surface area contributed by atoms with Crippen LogP contribution in [-0.4, -0.2) is 28.1 Å². The molecule has 3 rings (SSSR count). The average Bonchev–Trinajstić information content (AvgIpc) is 3.11. The molecular weight excluding hydrogens is 262 g/mol. The van der Waals surface area contributed by atoms with Gasteiger partial charge in [-0.2, -0.15) is 0 Å². The molecule has 0 aromatic carbocycles. The summed E-state index contributed by atoms with van der Waals surface area (Å²) in [6.07, 6.45) is 4.20. The topological polar surface area (TPSA) is 51.4 Å². The number of aromatic nitrogens is 2. The normalized spacial score (nSPS) is 20.2. The summed E-state index contributed by atoms with van der Waals surface area (Å²) in [5.74, 6) is 1.94. The van der Waals surface area contributed by atoms with Crippen LogP contribution in [0.2, 0.25) is 0 Å². The van der Waals surface area contributed by atoms with Crippen molar-refractivity contribution in [3.63, 3.8) is 0 Å². The van der Waals surface area contributed by atoms with Gasteiger partial charge in [-0.15, -0.1) is 5.10 Å². The number of ether oxygens (including phenoxy) is 1. The van der Waals surface area contributed by atoms with Crippen LogP contribution >= 0.6 is 11.5 Å². The Morgan fingerprint density at radius 3 is 3.26 bits per heavy atom. The Morgan fingerprint density at radius 1 is 1.53 bits per heavy atom. The van der Waals surface area contributed by atoms with E-state index in [1.54, 1.807) is 7.11 Å². The third-order valence-corrected chi connectivity index (χ3v) is 4.07. The largest absolute Gasteiger partial charge is 0.462 e. The van der Waals surface area contributed by atoms with Crippen LogP contribution < -0.4 is 0 Å². The number of likely N-dealkylation sites (tertiary alicyclic amines) is 1. The molecule has 2 aromatic heterocycles. The molecule has 1 atom stereocenters. The van der Waals surface area contributed by atoms with E-state index in [1.165, 1.54) is 22.8 Å².